The van der Waals surface area contributed by atoms with Gasteiger partial charge in [0, 0.05) is 30.4 Å². The van der Waals surface area contributed by atoms with E-state index in [1.165, 1.54) is 0 Å². The van der Waals surface area contributed by atoms with Crippen LogP contribution >= 0.6 is 11.8 Å². The van der Waals surface area contributed by atoms with Gasteiger partial charge >= 0.3 is 5.97 Å². The number of likely N-dealkylation sites (tertiary alicyclic amines) is 1. The second kappa shape index (κ2) is 9.54. The summed E-state index contributed by atoms with van der Waals surface area (Å²) in [4.78, 5) is 27.6. The number of likely N-dealkylation sites (N-methyl/N-ethyl adjacent to an activating group) is 1. The first-order valence-corrected chi connectivity index (χ1v) is 11.4. The average molecular weight is 556 g/mol. The number of carbonyl (C=O) groups is 2. The summed E-state index contributed by atoms with van der Waals surface area (Å²) in [6.07, 6.45) is 6.05. The van der Waals surface area contributed by atoms with Crippen molar-refractivity contribution in [1.29, 1.82) is 0 Å². The summed E-state index contributed by atoms with van der Waals surface area (Å²) in [6.45, 7) is 5.70. The zero-order chi connectivity index (χ0) is 21.4. The number of halogens is 1. The number of methoxy groups -OCH3 is 1. The standard InChI is InChI=1S/C23H29N2O4S.HI/c1-4-11-25(2)12-5-10-23(25,18-14-24-20(26)13-21(24)30-16-18)22(27)29-15-17-6-8-19(28-3)9-7-17;/h4,6-9,14,21H,1,5,10-13,15-16H2,2-3H3;1H/q+1;/p-1. The minimum absolute atomic E-state index is 0. The molecule has 6 nitrogen and oxygen atoms in total. The predicted octanol–water partition coefficient (Wildman–Crippen LogP) is 0.0967. The third-order valence-electron chi connectivity index (χ3n) is 6.72. The molecular formula is C23H29IN2O4S. The molecule has 168 valence electrons. The van der Waals surface area contributed by atoms with Crippen LogP contribution in [0.15, 0.2) is 48.7 Å². The number of ether oxygens (including phenoxy) is 2. The van der Waals surface area contributed by atoms with Crippen LogP contribution in [0.5, 0.6) is 5.75 Å². The summed E-state index contributed by atoms with van der Waals surface area (Å²) in [5.41, 5.74) is 1.13. The molecule has 3 unspecified atom stereocenters. The van der Waals surface area contributed by atoms with Crippen LogP contribution in [0.25, 0.3) is 0 Å². The Morgan fingerprint density at radius 3 is 2.77 bits per heavy atom. The third kappa shape index (κ3) is 4.14. The van der Waals surface area contributed by atoms with Crippen LogP contribution in [0.4, 0.5) is 0 Å². The van der Waals surface area contributed by atoms with Crippen molar-refractivity contribution in [3.8, 4) is 5.75 Å². The van der Waals surface area contributed by atoms with E-state index < -0.39 is 5.54 Å². The second-order valence-corrected chi connectivity index (χ2v) is 9.57. The van der Waals surface area contributed by atoms with Crippen molar-refractivity contribution in [1.82, 2.24) is 4.90 Å². The molecule has 2 saturated heterocycles. The summed E-state index contributed by atoms with van der Waals surface area (Å²) < 4.78 is 11.6. The molecule has 4 rings (SSSR count). The molecule has 0 saturated carbocycles. The van der Waals surface area contributed by atoms with Gasteiger partial charge in [-0.25, -0.2) is 4.79 Å². The van der Waals surface area contributed by atoms with Crippen LogP contribution in [0.2, 0.25) is 0 Å². The Balaban J connectivity index is 0.00000272. The van der Waals surface area contributed by atoms with Gasteiger partial charge in [-0.2, -0.15) is 0 Å². The van der Waals surface area contributed by atoms with E-state index in [0.29, 0.717) is 17.4 Å². The van der Waals surface area contributed by atoms with Crippen LogP contribution in [0.1, 0.15) is 24.8 Å². The molecule has 0 radical (unpaired) electrons. The minimum atomic E-state index is -0.783. The van der Waals surface area contributed by atoms with Crippen LogP contribution in [-0.2, 0) is 20.9 Å². The summed E-state index contributed by atoms with van der Waals surface area (Å²) in [5.74, 6) is 1.43. The Bertz CT molecular complexity index is 890. The molecule has 0 aromatic heterocycles. The second-order valence-electron chi connectivity index (χ2n) is 8.40. The maximum absolute atomic E-state index is 13.7. The number of esters is 1. The first kappa shape index (κ1) is 24.1. The topological polar surface area (TPSA) is 55.8 Å². The smallest absolute Gasteiger partial charge is 0.373 e. The lowest BCUT2D eigenvalue weighted by molar-refractivity contribution is -0.926. The van der Waals surface area contributed by atoms with Gasteiger partial charge in [-0.1, -0.05) is 18.7 Å². The Hall–Kier alpha value is -1.52. The lowest BCUT2D eigenvalue weighted by atomic mass is 9.85. The Kier molecular flexibility index (Phi) is 7.43. The summed E-state index contributed by atoms with van der Waals surface area (Å²) in [6, 6.07) is 7.54. The molecule has 3 aliphatic rings. The minimum Gasteiger partial charge on any atom is -1.00 e. The van der Waals surface area contributed by atoms with Crippen LogP contribution in [0.3, 0.4) is 0 Å². The van der Waals surface area contributed by atoms with Gasteiger partial charge in [0.1, 0.15) is 12.4 Å². The molecule has 2 fully saturated rings. The highest BCUT2D eigenvalue weighted by Gasteiger charge is 2.62. The Labute approximate surface area is 205 Å². The number of hydrogen-bond donors (Lipinski definition) is 0. The van der Waals surface area contributed by atoms with Gasteiger partial charge in [0.15, 0.2) is 0 Å². The van der Waals surface area contributed by atoms with Gasteiger partial charge in [-0.3, -0.25) is 4.79 Å². The number of quaternary nitrogens is 1. The van der Waals surface area contributed by atoms with E-state index in [2.05, 4.69) is 13.6 Å². The van der Waals surface area contributed by atoms with Crippen LogP contribution in [0, 0.1) is 0 Å². The molecule has 0 N–H and O–H groups in total. The fraction of sp³-hybridized carbons (Fsp3) is 0.478. The summed E-state index contributed by atoms with van der Waals surface area (Å²) >= 11 is 1.74. The molecule has 31 heavy (non-hydrogen) atoms. The number of thioether (sulfide) groups is 1. The maximum Gasteiger partial charge on any atom is 0.373 e. The largest absolute Gasteiger partial charge is 1.00 e. The van der Waals surface area contributed by atoms with Gasteiger partial charge in [-0.15, -0.1) is 11.8 Å². The normalized spacial score (nSPS) is 29.2. The van der Waals surface area contributed by atoms with Crippen molar-refractivity contribution in [3.05, 3.63) is 54.3 Å². The molecule has 0 aliphatic carbocycles. The Morgan fingerprint density at radius 1 is 1.39 bits per heavy atom. The number of β-lactam (4-membered cyclic amide) rings is 1. The maximum atomic E-state index is 13.7. The predicted molar refractivity (Wildman–Crippen MR) is 117 cm³/mol. The number of hydrogen-bond acceptors (Lipinski definition) is 5. The van der Waals surface area contributed by atoms with E-state index in [1.807, 2.05) is 36.5 Å². The summed E-state index contributed by atoms with van der Waals surface area (Å²) in [7, 11) is 3.74. The molecule has 3 atom stereocenters. The van der Waals surface area contributed by atoms with E-state index in [1.54, 1.807) is 23.8 Å². The number of fused-ring (bicyclic) bond motifs is 1. The highest BCUT2D eigenvalue weighted by atomic mass is 127. The zero-order valence-corrected chi connectivity index (χ0v) is 21.0. The van der Waals surface area contributed by atoms with Gasteiger partial charge in [0.05, 0.1) is 39.0 Å². The fourth-order valence-electron chi connectivity index (χ4n) is 4.94. The Morgan fingerprint density at radius 2 is 2.13 bits per heavy atom. The van der Waals surface area contributed by atoms with Crippen molar-refractivity contribution >= 4 is 23.6 Å². The van der Waals surface area contributed by atoms with Crippen molar-refractivity contribution < 1.29 is 47.5 Å². The van der Waals surface area contributed by atoms with Crippen LogP contribution in [-0.4, -0.2) is 65.2 Å². The molecule has 0 bridgehead atoms. The van der Waals surface area contributed by atoms with Gasteiger partial charge < -0.3 is 42.8 Å². The fourth-order valence-corrected chi connectivity index (χ4v) is 6.23. The molecule has 3 aliphatic heterocycles. The van der Waals surface area contributed by atoms with Gasteiger partial charge in [0.25, 0.3) is 0 Å². The highest BCUT2D eigenvalue weighted by Crippen LogP contribution is 2.47. The number of amides is 1. The SMILES string of the molecule is C=CC[N+]1(C)CCCC1(C(=O)OCc1ccc(OC)cc1)C1=CN2C(=O)CC2SC1.[I-]. The van der Waals surface area contributed by atoms with E-state index in [4.69, 9.17) is 9.47 Å². The van der Waals surface area contributed by atoms with Crippen molar-refractivity contribution in [2.75, 3.05) is 33.0 Å². The molecule has 8 heteroatoms. The van der Waals surface area contributed by atoms with Crippen LogP contribution < -0.4 is 28.7 Å². The quantitative estimate of drug-likeness (QED) is 0.157. The number of benzene rings is 1. The molecule has 0 spiro atoms. The monoisotopic (exact) mass is 556 g/mol. The first-order chi connectivity index (χ1) is 14.4. The van der Waals surface area contributed by atoms with E-state index >= 15 is 0 Å². The third-order valence-corrected chi connectivity index (χ3v) is 7.97. The molecule has 1 aromatic carbocycles. The lowest BCUT2D eigenvalue weighted by Crippen LogP contribution is -3.00. The first-order valence-electron chi connectivity index (χ1n) is 10.3. The van der Waals surface area contributed by atoms with E-state index in [-0.39, 0.29) is 47.8 Å². The lowest BCUT2D eigenvalue weighted by Gasteiger charge is -2.48. The van der Waals surface area contributed by atoms with Crippen molar-refractivity contribution in [2.45, 2.75) is 36.8 Å². The molecule has 3 heterocycles. The van der Waals surface area contributed by atoms with Crippen molar-refractivity contribution in [3.63, 3.8) is 0 Å². The van der Waals surface area contributed by atoms with Gasteiger partial charge in [0.2, 0.25) is 11.4 Å². The molecule has 1 aromatic rings. The number of nitrogens with zero attached hydrogens (tertiary/aromatic N) is 2. The van der Waals surface area contributed by atoms with Crippen molar-refractivity contribution in [2.24, 2.45) is 0 Å². The molecule has 1 amide bonds. The number of rotatable bonds is 7. The van der Waals surface area contributed by atoms with Gasteiger partial charge in [-0.05, 0) is 23.8 Å². The summed E-state index contributed by atoms with van der Waals surface area (Å²) in [5, 5.41) is 0.216. The van der Waals surface area contributed by atoms with E-state index in [9.17, 15) is 9.59 Å². The number of carbonyl (C=O) groups excluding carboxylic acids is 2. The molecular weight excluding hydrogens is 527 g/mol. The van der Waals surface area contributed by atoms with E-state index in [0.717, 1.165) is 42.0 Å². The highest BCUT2D eigenvalue weighted by molar-refractivity contribution is 8.00. The average Bonchev–Trinajstić information content (AvgIpc) is 3.09. The zero-order valence-electron chi connectivity index (χ0n) is 18.0.